The first-order chi connectivity index (χ1) is 10.4. The summed E-state index contributed by atoms with van der Waals surface area (Å²) in [5.74, 6) is 0.240. The summed E-state index contributed by atoms with van der Waals surface area (Å²) in [6, 6.07) is 1.91. The van der Waals surface area contributed by atoms with Crippen LogP contribution < -0.4 is 5.32 Å². The fourth-order valence-electron chi connectivity index (χ4n) is 1.99. The van der Waals surface area contributed by atoms with Gasteiger partial charge in [0.25, 0.3) is 0 Å². The molecule has 22 heavy (non-hydrogen) atoms. The van der Waals surface area contributed by atoms with Crippen LogP contribution in [0.5, 0.6) is 0 Å². The van der Waals surface area contributed by atoms with Gasteiger partial charge in [-0.05, 0) is 12.8 Å². The summed E-state index contributed by atoms with van der Waals surface area (Å²) in [7, 11) is 0. The van der Waals surface area contributed by atoms with Crippen molar-refractivity contribution in [2.45, 2.75) is 59.0 Å². The molecular formula is C16H28N2O4. The molecule has 6 heteroatoms. The van der Waals surface area contributed by atoms with Gasteiger partial charge < -0.3 is 20.1 Å². The van der Waals surface area contributed by atoms with Gasteiger partial charge in [-0.2, -0.15) is 0 Å². The lowest BCUT2D eigenvalue weighted by molar-refractivity contribution is -0.137. The fourth-order valence-corrected chi connectivity index (χ4v) is 1.99. The van der Waals surface area contributed by atoms with Gasteiger partial charge in [0.2, 0.25) is 5.91 Å². The van der Waals surface area contributed by atoms with E-state index < -0.39 is 17.4 Å². The molecule has 0 radical (unpaired) electrons. The van der Waals surface area contributed by atoms with E-state index in [9.17, 15) is 9.90 Å². The van der Waals surface area contributed by atoms with Crippen LogP contribution in [-0.4, -0.2) is 40.5 Å². The number of aliphatic hydroxyl groups is 2. The first-order valence-corrected chi connectivity index (χ1v) is 7.91. The Balaban J connectivity index is 2.33. The van der Waals surface area contributed by atoms with Gasteiger partial charge in [-0.3, -0.25) is 4.79 Å². The first-order valence-electron chi connectivity index (χ1n) is 7.91. The van der Waals surface area contributed by atoms with E-state index in [-0.39, 0.29) is 6.61 Å². The monoisotopic (exact) mass is 312 g/mol. The summed E-state index contributed by atoms with van der Waals surface area (Å²) in [5, 5.41) is 25.7. The van der Waals surface area contributed by atoms with E-state index in [0.29, 0.717) is 13.0 Å². The van der Waals surface area contributed by atoms with Crippen molar-refractivity contribution in [2.75, 3.05) is 13.2 Å². The number of nitrogens with one attached hydrogen (secondary N) is 1. The highest BCUT2D eigenvalue weighted by Gasteiger charge is 2.32. The molecule has 0 bridgehead atoms. The molecule has 1 rings (SSSR count). The quantitative estimate of drug-likeness (QED) is 0.568. The minimum atomic E-state index is -1.24. The van der Waals surface area contributed by atoms with Crippen LogP contribution in [0.3, 0.4) is 0 Å². The lowest BCUT2D eigenvalue weighted by atomic mass is 9.87. The summed E-state index contributed by atoms with van der Waals surface area (Å²) in [5.41, 5.74) is 0.0826. The highest BCUT2D eigenvalue weighted by Crippen LogP contribution is 2.19. The third kappa shape index (κ3) is 5.77. The molecule has 0 fully saturated rings. The van der Waals surface area contributed by atoms with Crippen molar-refractivity contribution in [3.05, 3.63) is 17.5 Å². The topological polar surface area (TPSA) is 95.6 Å². The van der Waals surface area contributed by atoms with E-state index in [1.54, 1.807) is 13.8 Å². The molecule has 3 N–H and O–H groups in total. The molecule has 1 atom stereocenters. The van der Waals surface area contributed by atoms with Gasteiger partial charge >= 0.3 is 0 Å². The Morgan fingerprint density at radius 1 is 1.41 bits per heavy atom. The largest absolute Gasteiger partial charge is 0.396 e. The number of aryl methyl sites for hydroxylation is 1. The Morgan fingerprint density at radius 3 is 2.77 bits per heavy atom. The molecule has 1 aromatic heterocycles. The zero-order chi connectivity index (χ0) is 16.6. The summed E-state index contributed by atoms with van der Waals surface area (Å²) < 4.78 is 5.22. The predicted molar refractivity (Wildman–Crippen MR) is 83.3 cm³/mol. The number of hydrogen-bond donors (Lipinski definition) is 3. The van der Waals surface area contributed by atoms with E-state index >= 15 is 0 Å². The number of amides is 1. The zero-order valence-corrected chi connectivity index (χ0v) is 13.8. The second kappa shape index (κ2) is 8.90. The lowest BCUT2D eigenvalue weighted by Gasteiger charge is -2.27. The third-order valence-corrected chi connectivity index (χ3v) is 3.71. The van der Waals surface area contributed by atoms with Gasteiger partial charge in [-0.15, -0.1) is 0 Å². The average Bonchev–Trinajstić information content (AvgIpc) is 2.94. The standard InChI is InChI=1S/C16H28N2O4/c1-4-5-6-7-12-10-13(22-18-12)8-9-17-15(21)14(20)16(2,3)11-19/h10,14,19-20H,4-9,11H2,1-3H3,(H,17,21)/t14-/m0/s1. The van der Waals surface area contributed by atoms with Crippen LogP contribution in [0.1, 0.15) is 51.5 Å². The molecule has 0 aliphatic heterocycles. The van der Waals surface area contributed by atoms with Crippen LogP contribution in [0.15, 0.2) is 10.6 Å². The molecule has 0 unspecified atom stereocenters. The second-order valence-corrected chi connectivity index (χ2v) is 6.33. The average molecular weight is 312 g/mol. The van der Waals surface area contributed by atoms with E-state index in [0.717, 1.165) is 24.3 Å². The van der Waals surface area contributed by atoms with Gasteiger partial charge in [0.05, 0.1) is 12.3 Å². The molecular weight excluding hydrogens is 284 g/mol. The number of carbonyl (C=O) groups is 1. The van der Waals surface area contributed by atoms with Crippen molar-refractivity contribution in [1.82, 2.24) is 10.5 Å². The number of aliphatic hydroxyl groups excluding tert-OH is 2. The maximum absolute atomic E-state index is 11.8. The number of unbranched alkanes of at least 4 members (excludes halogenated alkanes) is 2. The summed E-state index contributed by atoms with van der Waals surface area (Å²) in [6.45, 7) is 5.53. The minimum Gasteiger partial charge on any atom is -0.396 e. The van der Waals surface area contributed by atoms with E-state index in [4.69, 9.17) is 9.63 Å². The van der Waals surface area contributed by atoms with Gasteiger partial charge in [0, 0.05) is 24.4 Å². The highest BCUT2D eigenvalue weighted by atomic mass is 16.5. The van der Waals surface area contributed by atoms with Crippen LogP contribution in [0, 0.1) is 5.41 Å². The van der Waals surface area contributed by atoms with Crippen molar-refractivity contribution in [1.29, 1.82) is 0 Å². The van der Waals surface area contributed by atoms with E-state index in [1.165, 1.54) is 12.8 Å². The normalized spacial score (nSPS) is 13.1. The Hall–Kier alpha value is -1.40. The fraction of sp³-hybridized carbons (Fsp3) is 0.750. The van der Waals surface area contributed by atoms with Gasteiger partial charge in [0.15, 0.2) is 0 Å². The molecule has 0 aliphatic carbocycles. The van der Waals surface area contributed by atoms with Crippen molar-refractivity contribution < 1.29 is 19.5 Å². The van der Waals surface area contributed by atoms with Crippen LogP contribution in [0.2, 0.25) is 0 Å². The minimum absolute atomic E-state index is 0.259. The van der Waals surface area contributed by atoms with Crippen LogP contribution in [0.25, 0.3) is 0 Å². The molecule has 0 saturated carbocycles. The second-order valence-electron chi connectivity index (χ2n) is 6.33. The lowest BCUT2D eigenvalue weighted by Crippen LogP contribution is -2.46. The van der Waals surface area contributed by atoms with Crippen LogP contribution in [0.4, 0.5) is 0 Å². The van der Waals surface area contributed by atoms with E-state index in [1.807, 2.05) is 6.07 Å². The first kappa shape index (κ1) is 18.6. The van der Waals surface area contributed by atoms with Crippen LogP contribution >= 0.6 is 0 Å². The molecule has 126 valence electrons. The van der Waals surface area contributed by atoms with Crippen molar-refractivity contribution in [2.24, 2.45) is 5.41 Å². The Labute approximate surface area is 131 Å². The maximum Gasteiger partial charge on any atom is 0.249 e. The van der Waals surface area contributed by atoms with Crippen molar-refractivity contribution in [3.8, 4) is 0 Å². The van der Waals surface area contributed by atoms with Crippen molar-refractivity contribution in [3.63, 3.8) is 0 Å². The van der Waals surface area contributed by atoms with Gasteiger partial charge in [-0.25, -0.2) is 0 Å². The number of rotatable bonds is 10. The highest BCUT2D eigenvalue weighted by molar-refractivity contribution is 5.81. The molecule has 1 aromatic rings. The maximum atomic E-state index is 11.8. The summed E-state index contributed by atoms with van der Waals surface area (Å²) in [6.07, 6.45) is 3.64. The number of carbonyl (C=O) groups excluding carboxylic acids is 1. The van der Waals surface area contributed by atoms with Gasteiger partial charge in [0.1, 0.15) is 11.9 Å². The Morgan fingerprint density at radius 2 is 2.14 bits per heavy atom. The molecule has 6 nitrogen and oxygen atoms in total. The smallest absolute Gasteiger partial charge is 0.249 e. The van der Waals surface area contributed by atoms with Crippen LogP contribution in [-0.2, 0) is 17.6 Å². The third-order valence-electron chi connectivity index (χ3n) is 3.71. The number of aromatic nitrogens is 1. The molecule has 0 spiro atoms. The summed E-state index contributed by atoms with van der Waals surface area (Å²) >= 11 is 0. The molecule has 1 amide bonds. The molecule has 0 saturated heterocycles. The number of nitrogens with zero attached hydrogens (tertiary/aromatic N) is 1. The zero-order valence-electron chi connectivity index (χ0n) is 13.8. The Kier molecular flexibility index (Phi) is 7.55. The molecule has 0 aliphatic rings. The predicted octanol–water partition coefficient (Wildman–Crippen LogP) is 1.45. The summed E-state index contributed by atoms with van der Waals surface area (Å²) in [4.78, 5) is 11.8. The van der Waals surface area contributed by atoms with E-state index in [2.05, 4.69) is 17.4 Å². The SMILES string of the molecule is CCCCCc1cc(CCNC(=O)[C@H](O)C(C)(C)CO)on1. The van der Waals surface area contributed by atoms with Crippen molar-refractivity contribution >= 4 is 5.91 Å². The molecule has 1 heterocycles. The molecule has 0 aromatic carbocycles. The van der Waals surface area contributed by atoms with Gasteiger partial charge in [-0.1, -0.05) is 38.8 Å². The number of hydrogen-bond acceptors (Lipinski definition) is 5. The Bertz CT molecular complexity index is 457.